The first-order chi connectivity index (χ1) is 6.76. The molecule has 5 heteroatoms. The van der Waals surface area contributed by atoms with E-state index in [2.05, 4.69) is 5.32 Å². The summed E-state index contributed by atoms with van der Waals surface area (Å²) in [5, 5.41) is 2.85. The Hall–Kier alpha value is -0.650. The molecular formula is C9H18N2O3. The standard InChI is InChI=1S/C9H18N2O3/c1-13-8-4-7(5-8)11-9(12)6-14-3-2-10/h7-8H,2-6,10H2,1H3,(H,11,12). The monoisotopic (exact) mass is 202 g/mol. The van der Waals surface area contributed by atoms with Crippen molar-refractivity contribution in [2.24, 2.45) is 5.73 Å². The molecule has 82 valence electrons. The molecule has 14 heavy (non-hydrogen) atoms. The van der Waals surface area contributed by atoms with E-state index >= 15 is 0 Å². The fourth-order valence-corrected chi connectivity index (χ4v) is 1.39. The van der Waals surface area contributed by atoms with Crippen LogP contribution in [0.15, 0.2) is 0 Å². The third kappa shape index (κ3) is 3.61. The van der Waals surface area contributed by atoms with Crippen LogP contribution in [-0.4, -0.2) is 44.9 Å². The third-order valence-corrected chi connectivity index (χ3v) is 2.29. The van der Waals surface area contributed by atoms with Crippen LogP contribution in [0.5, 0.6) is 0 Å². The van der Waals surface area contributed by atoms with E-state index in [0.29, 0.717) is 19.3 Å². The number of nitrogens with one attached hydrogen (secondary N) is 1. The van der Waals surface area contributed by atoms with Gasteiger partial charge in [0, 0.05) is 19.7 Å². The van der Waals surface area contributed by atoms with Crippen molar-refractivity contribution in [2.75, 3.05) is 26.9 Å². The van der Waals surface area contributed by atoms with Crippen molar-refractivity contribution >= 4 is 5.91 Å². The predicted octanol–water partition coefficient (Wildman–Crippen LogP) is -0.745. The molecule has 0 unspecified atom stereocenters. The minimum Gasteiger partial charge on any atom is -0.381 e. The van der Waals surface area contributed by atoms with Crippen molar-refractivity contribution in [2.45, 2.75) is 25.0 Å². The van der Waals surface area contributed by atoms with Gasteiger partial charge in [-0.1, -0.05) is 0 Å². The highest BCUT2D eigenvalue weighted by atomic mass is 16.5. The van der Waals surface area contributed by atoms with E-state index < -0.39 is 0 Å². The first-order valence-corrected chi connectivity index (χ1v) is 4.86. The summed E-state index contributed by atoms with van der Waals surface area (Å²) in [4.78, 5) is 11.2. The van der Waals surface area contributed by atoms with E-state index in [1.54, 1.807) is 7.11 Å². The number of carbonyl (C=O) groups excluding carboxylic acids is 1. The quantitative estimate of drug-likeness (QED) is 0.556. The van der Waals surface area contributed by atoms with Crippen LogP contribution in [0.1, 0.15) is 12.8 Å². The maximum Gasteiger partial charge on any atom is 0.246 e. The van der Waals surface area contributed by atoms with Crippen LogP contribution >= 0.6 is 0 Å². The molecule has 0 radical (unpaired) electrons. The number of methoxy groups -OCH3 is 1. The van der Waals surface area contributed by atoms with Crippen LogP contribution in [0.4, 0.5) is 0 Å². The van der Waals surface area contributed by atoms with Crippen LogP contribution in [0.3, 0.4) is 0 Å². The van der Waals surface area contributed by atoms with Gasteiger partial charge in [0.2, 0.25) is 5.91 Å². The van der Waals surface area contributed by atoms with E-state index in [0.717, 1.165) is 12.8 Å². The molecule has 1 saturated carbocycles. The van der Waals surface area contributed by atoms with Gasteiger partial charge in [-0.25, -0.2) is 0 Å². The molecule has 0 spiro atoms. The Morgan fingerprint density at radius 1 is 1.57 bits per heavy atom. The topological polar surface area (TPSA) is 73.6 Å². The number of nitrogens with two attached hydrogens (primary N) is 1. The van der Waals surface area contributed by atoms with Crippen LogP contribution in [0.2, 0.25) is 0 Å². The second-order valence-corrected chi connectivity index (χ2v) is 3.43. The number of amides is 1. The first kappa shape index (κ1) is 11.4. The fraction of sp³-hybridized carbons (Fsp3) is 0.889. The van der Waals surface area contributed by atoms with Gasteiger partial charge in [0.1, 0.15) is 6.61 Å². The van der Waals surface area contributed by atoms with Crippen molar-refractivity contribution in [3.63, 3.8) is 0 Å². The Morgan fingerprint density at radius 2 is 2.29 bits per heavy atom. The Labute approximate surface area is 83.9 Å². The molecule has 0 aliphatic heterocycles. The van der Waals surface area contributed by atoms with Gasteiger partial charge in [-0.05, 0) is 12.8 Å². The largest absolute Gasteiger partial charge is 0.381 e. The van der Waals surface area contributed by atoms with Crippen LogP contribution < -0.4 is 11.1 Å². The molecule has 0 aromatic heterocycles. The summed E-state index contributed by atoms with van der Waals surface area (Å²) in [5.41, 5.74) is 5.22. The molecule has 0 aromatic rings. The average Bonchev–Trinajstić information content (AvgIpc) is 2.11. The van der Waals surface area contributed by atoms with Crippen molar-refractivity contribution in [1.82, 2.24) is 5.32 Å². The summed E-state index contributed by atoms with van der Waals surface area (Å²) in [6.07, 6.45) is 2.11. The Morgan fingerprint density at radius 3 is 2.86 bits per heavy atom. The third-order valence-electron chi connectivity index (χ3n) is 2.29. The molecule has 1 aliphatic rings. The zero-order valence-corrected chi connectivity index (χ0v) is 8.49. The van der Waals surface area contributed by atoms with Crippen LogP contribution in [0, 0.1) is 0 Å². The maximum absolute atomic E-state index is 11.2. The minimum atomic E-state index is -0.0713. The molecule has 0 atom stereocenters. The van der Waals surface area contributed by atoms with Gasteiger partial charge in [-0.2, -0.15) is 0 Å². The smallest absolute Gasteiger partial charge is 0.246 e. The normalized spacial score (nSPS) is 25.6. The predicted molar refractivity (Wildman–Crippen MR) is 51.8 cm³/mol. The van der Waals surface area contributed by atoms with E-state index in [4.69, 9.17) is 15.2 Å². The lowest BCUT2D eigenvalue weighted by atomic mass is 9.89. The lowest BCUT2D eigenvalue weighted by molar-refractivity contribution is -0.127. The lowest BCUT2D eigenvalue weighted by Crippen LogP contribution is -2.48. The number of rotatable bonds is 6. The minimum absolute atomic E-state index is 0.0713. The van der Waals surface area contributed by atoms with Crippen molar-refractivity contribution in [3.8, 4) is 0 Å². The first-order valence-electron chi connectivity index (χ1n) is 4.86. The van der Waals surface area contributed by atoms with Gasteiger partial charge in [0.25, 0.3) is 0 Å². The van der Waals surface area contributed by atoms with Crippen molar-refractivity contribution in [3.05, 3.63) is 0 Å². The molecule has 0 heterocycles. The summed E-state index contributed by atoms with van der Waals surface area (Å²) in [7, 11) is 1.69. The van der Waals surface area contributed by atoms with E-state index in [1.165, 1.54) is 0 Å². The van der Waals surface area contributed by atoms with Gasteiger partial charge >= 0.3 is 0 Å². The van der Waals surface area contributed by atoms with Gasteiger partial charge in [0.05, 0.1) is 12.7 Å². The van der Waals surface area contributed by atoms with Gasteiger partial charge in [-0.3, -0.25) is 4.79 Å². The van der Waals surface area contributed by atoms with Gasteiger partial charge in [-0.15, -0.1) is 0 Å². The maximum atomic E-state index is 11.2. The lowest BCUT2D eigenvalue weighted by Gasteiger charge is -2.34. The number of hydrogen-bond acceptors (Lipinski definition) is 4. The molecule has 1 amide bonds. The molecular weight excluding hydrogens is 184 g/mol. The highest BCUT2D eigenvalue weighted by molar-refractivity contribution is 5.77. The average molecular weight is 202 g/mol. The molecule has 0 bridgehead atoms. The zero-order valence-electron chi connectivity index (χ0n) is 8.49. The molecule has 1 fully saturated rings. The Balaban J connectivity index is 1.99. The number of hydrogen-bond donors (Lipinski definition) is 2. The summed E-state index contributed by atoms with van der Waals surface area (Å²) >= 11 is 0. The van der Waals surface area contributed by atoms with Crippen LogP contribution in [0.25, 0.3) is 0 Å². The molecule has 3 N–H and O–H groups in total. The van der Waals surface area contributed by atoms with Gasteiger partial charge in [0.15, 0.2) is 0 Å². The molecule has 5 nitrogen and oxygen atoms in total. The van der Waals surface area contributed by atoms with Crippen molar-refractivity contribution in [1.29, 1.82) is 0 Å². The van der Waals surface area contributed by atoms with E-state index in [-0.39, 0.29) is 18.6 Å². The molecule has 0 aromatic carbocycles. The SMILES string of the molecule is COC1CC(NC(=O)COCCN)C1. The summed E-state index contributed by atoms with van der Waals surface area (Å²) in [6.45, 7) is 0.979. The Kier molecular flexibility index (Phi) is 4.86. The number of ether oxygens (including phenoxy) is 2. The number of carbonyl (C=O) groups is 1. The summed E-state index contributed by atoms with van der Waals surface area (Å²) < 4.78 is 10.1. The molecule has 1 aliphatic carbocycles. The highest BCUT2D eigenvalue weighted by Gasteiger charge is 2.29. The van der Waals surface area contributed by atoms with E-state index in [9.17, 15) is 4.79 Å². The second kappa shape index (κ2) is 5.95. The highest BCUT2D eigenvalue weighted by Crippen LogP contribution is 2.22. The van der Waals surface area contributed by atoms with Crippen molar-refractivity contribution < 1.29 is 14.3 Å². The second-order valence-electron chi connectivity index (χ2n) is 3.43. The molecule has 1 rings (SSSR count). The summed E-state index contributed by atoms with van der Waals surface area (Å²) in [5.74, 6) is -0.0713. The fourth-order valence-electron chi connectivity index (χ4n) is 1.39. The van der Waals surface area contributed by atoms with Crippen LogP contribution in [-0.2, 0) is 14.3 Å². The molecule has 0 saturated heterocycles. The van der Waals surface area contributed by atoms with E-state index in [1.807, 2.05) is 0 Å². The summed E-state index contributed by atoms with van der Waals surface area (Å²) in [6, 6.07) is 0.258. The Bertz CT molecular complexity index is 181. The van der Waals surface area contributed by atoms with Gasteiger partial charge < -0.3 is 20.5 Å². The zero-order chi connectivity index (χ0) is 10.4.